The normalized spacial score (nSPS) is 16.7. The van der Waals surface area contributed by atoms with Crippen LogP contribution in [0.3, 0.4) is 0 Å². The van der Waals surface area contributed by atoms with E-state index in [1.165, 1.54) is 30.0 Å². The van der Waals surface area contributed by atoms with Crippen LogP contribution >= 0.6 is 11.8 Å². The van der Waals surface area contributed by atoms with Gasteiger partial charge in [0.2, 0.25) is 10.0 Å². The van der Waals surface area contributed by atoms with Crippen LogP contribution in [0.25, 0.3) is 5.65 Å². The van der Waals surface area contributed by atoms with E-state index in [0.717, 1.165) is 5.16 Å². The molecule has 8 heteroatoms. The molecule has 1 aliphatic rings. The maximum Gasteiger partial charge on any atom is 0.244 e. The summed E-state index contributed by atoms with van der Waals surface area (Å²) in [6.45, 7) is 4.62. The van der Waals surface area contributed by atoms with Crippen molar-refractivity contribution in [3.05, 3.63) is 18.3 Å². The Morgan fingerprint density at radius 3 is 2.57 bits per heavy atom. The molecule has 1 saturated carbocycles. The van der Waals surface area contributed by atoms with Gasteiger partial charge < -0.3 is 0 Å². The lowest BCUT2D eigenvalue weighted by atomic mass is 10.4. The number of aromatic nitrogens is 3. The first-order valence-electron chi connectivity index (χ1n) is 8.08. The minimum atomic E-state index is -3.47. The Kier molecular flexibility index (Phi) is 4.93. The first-order chi connectivity index (χ1) is 11.1. The molecule has 0 spiro atoms. The van der Waals surface area contributed by atoms with Crippen molar-refractivity contribution in [2.45, 2.75) is 54.8 Å². The van der Waals surface area contributed by atoms with Gasteiger partial charge in [0, 0.05) is 24.5 Å². The average Bonchev–Trinajstić information content (AvgIpc) is 3.18. The molecule has 23 heavy (non-hydrogen) atoms. The molecular weight excluding hydrogens is 332 g/mol. The predicted molar refractivity (Wildman–Crippen MR) is 91.2 cm³/mol. The summed E-state index contributed by atoms with van der Waals surface area (Å²) in [5.41, 5.74) is 0.684. The molecule has 0 unspecified atom stereocenters. The van der Waals surface area contributed by atoms with E-state index in [4.69, 9.17) is 0 Å². The van der Waals surface area contributed by atoms with Gasteiger partial charge in [-0.05, 0) is 25.0 Å². The van der Waals surface area contributed by atoms with Gasteiger partial charge in [0.15, 0.2) is 10.8 Å². The van der Waals surface area contributed by atoms with E-state index in [-0.39, 0.29) is 0 Å². The standard InChI is InChI=1S/C15H22N4O2S2/c1-3-18(4-2)23(20,21)13-9-10-14-16-17-15(19(14)11-13)22-12-7-5-6-8-12/h9-12H,3-8H2,1-2H3. The Balaban J connectivity index is 1.97. The first kappa shape index (κ1) is 16.7. The number of nitrogens with zero attached hydrogens (tertiary/aromatic N) is 4. The van der Waals surface area contributed by atoms with Crippen molar-refractivity contribution in [2.24, 2.45) is 0 Å². The molecule has 6 nitrogen and oxygen atoms in total. The smallest absolute Gasteiger partial charge is 0.244 e. The SMILES string of the molecule is CCN(CC)S(=O)(=O)c1ccc2nnc(SC3CCCC3)n2c1. The van der Waals surface area contributed by atoms with Gasteiger partial charge in [-0.3, -0.25) is 4.40 Å². The highest BCUT2D eigenvalue weighted by molar-refractivity contribution is 7.99. The second-order valence-electron chi connectivity index (χ2n) is 5.69. The van der Waals surface area contributed by atoms with Gasteiger partial charge in [0.05, 0.1) is 4.90 Å². The average molecular weight is 355 g/mol. The zero-order valence-corrected chi connectivity index (χ0v) is 15.1. The Labute approximate surface area is 141 Å². The highest BCUT2D eigenvalue weighted by atomic mass is 32.2. The number of fused-ring (bicyclic) bond motifs is 1. The fraction of sp³-hybridized carbons (Fsp3) is 0.600. The van der Waals surface area contributed by atoms with Crippen molar-refractivity contribution in [1.82, 2.24) is 18.9 Å². The summed E-state index contributed by atoms with van der Waals surface area (Å²) in [4.78, 5) is 0.293. The van der Waals surface area contributed by atoms with Gasteiger partial charge in [0.25, 0.3) is 0 Å². The highest BCUT2D eigenvalue weighted by Crippen LogP contribution is 2.34. The van der Waals surface area contributed by atoms with Crippen LogP contribution in [0.2, 0.25) is 0 Å². The second kappa shape index (κ2) is 6.78. The van der Waals surface area contributed by atoms with Crippen LogP contribution in [0, 0.1) is 0 Å². The van der Waals surface area contributed by atoms with Crippen LogP contribution in [0.1, 0.15) is 39.5 Å². The number of rotatable bonds is 6. The molecule has 2 aromatic heterocycles. The summed E-state index contributed by atoms with van der Waals surface area (Å²) in [5.74, 6) is 0. The topological polar surface area (TPSA) is 67.6 Å². The minimum Gasteiger partial charge on any atom is -0.276 e. The summed E-state index contributed by atoms with van der Waals surface area (Å²) >= 11 is 1.71. The summed E-state index contributed by atoms with van der Waals surface area (Å²) in [5, 5.41) is 9.73. The van der Waals surface area contributed by atoms with Crippen LogP contribution in [0.15, 0.2) is 28.4 Å². The van der Waals surface area contributed by atoms with Crippen molar-refractivity contribution < 1.29 is 8.42 Å². The van der Waals surface area contributed by atoms with Crippen molar-refractivity contribution in [3.8, 4) is 0 Å². The number of hydrogen-bond acceptors (Lipinski definition) is 5. The first-order valence-corrected chi connectivity index (χ1v) is 10.4. The molecule has 0 aliphatic heterocycles. The van der Waals surface area contributed by atoms with E-state index in [1.807, 2.05) is 13.8 Å². The largest absolute Gasteiger partial charge is 0.276 e. The van der Waals surface area contributed by atoms with Crippen LogP contribution in [-0.4, -0.2) is 45.7 Å². The van der Waals surface area contributed by atoms with E-state index in [9.17, 15) is 8.42 Å². The summed E-state index contributed by atoms with van der Waals surface area (Å²) < 4.78 is 28.6. The van der Waals surface area contributed by atoms with Gasteiger partial charge in [-0.1, -0.05) is 38.5 Å². The number of sulfonamides is 1. The third-order valence-corrected chi connectivity index (χ3v) is 7.59. The maximum atomic E-state index is 12.7. The monoisotopic (exact) mass is 354 g/mol. The van der Waals surface area contributed by atoms with E-state index in [0.29, 0.717) is 28.9 Å². The van der Waals surface area contributed by atoms with E-state index < -0.39 is 10.0 Å². The van der Waals surface area contributed by atoms with Crippen LogP contribution in [0.5, 0.6) is 0 Å². The molecule has 3 rings (SSSR count). The van der Waals surface area contributed by atoms with Gasteiger partial charge in [-0.2, -0.15) is 4.31 Å². The predicted octanol–water partition coefficient (Wildman–Crippen LogP) is 2.79. The Morgan fingerprint density at radius 2 is 1.91 bits per heavy atom. The molecule has 2 heterocycles. The molecule has 0 amide bonds. The molecule has 0 aromatic carbocycles. The molecule has 0 atom stereocenters. The fourth-order valence-electron chi connectivity index (χ4n) is 2.95. The Morgan fingerprint density at radius 1 is 1.22 bits per heavy atom. The summed E-state index contributed by atoms with van der Waals surface area (Å²) in [6.07, 6.45) is 6.56. The lowest BCUT2D eigenvalue weighted by Gasteiger charge is -2.18. The van der Waals surface area contributed by atoms with E-state index >= 15 is 0 Å². The minimum absolute atomic E-state index is 0.293. The van der Waals surface area contributed by atoms with Gasteiger partial charge in [-0.25, -0.2) is 8.42 Å². The van der Waals surface area contributed by atoms with Crippen LogP contribution in [0.4, 0.5) is 0 Å². The molecule has 0 saturated heterocycles. The second-order valence-corrected chi connectivity index (χ2v) is 8.89. The van der Waals surface area contributed by atoms with Crippen molar-refractivity contribution in [3.63, 3.8) is 0 Å². The molecule has 0 radical (unpaired) electrons. The summed E-state index contributed by atoms with van der Waals surface area (Å²) in [7, 11) is -3.47. The molecule has 2 aromatic rings. The zero-order chi connectivity index (χ0) is 16.4. The number of hydrogen-bond donors (Lipinski definition) is 0. The zero-order valence-electron chi connectivity index (χ0n) is 13.5. The lowest BCUT2D eigenvalue weighted by molar-refractivity contribution is 0.445. The Bertz CT molecular complexity index is 778. The maximum absolute atomic E-state index is 12.7. The number of pyridine rings is 1. The quantitative estimate of drug-likeness (QED) is 0.798. The summed E-state index contributed by atoms with van der Waals surface area (Å²) in [6, 6.07) is 3.34. The lowest BCUT2D eigenvalue weighted by Crippen LogP contribution is -2.30. The van der Waals surface area contributed by atoms with Gasteiger partial charge in [0.1, 0.15) is 0 Å². The van der Waals surface area contributed by atoms with Crippen molar-refractivity contribution in [2.75, 3.05) is 13.1 Å². The third-order valence-electron chi connectivity index (χ3n) is 4.26. The third kappa shape index (κ3) is 3.25. The molecule has 0 bridgehead atoms. The molecular formula is C15H22N4O2S2. The van der Waals surface area contributed by atoms with E-state index in [1.54, 1.807) is 34.5 Å². The van der Waals surface area contributed by atoms with Gasteiger partial charge in [-0.15, -0.1) is 10.2 Å². The molecule has 126 valence electrons. The van der Waals surface area contributed by atoms with E-state index in [2.05, 4.69) is 10.2 Å². The molecule has 1 aliphatic carbocycles. The van der Waals surface area contributed by atoms with Crippen LogP contribution < -0.4 is 0 Å². The van der Waals surface area contributed by atoms with Crippen molar-refractivity contribution in [1.29, 1.82) is 0 Å². The van der Waals surface area contributed by atoms with Crippen LogP contribution in [-0.2, 0) is 10.0 Å². The molecule has 1 fully saturated rings. The number of thioether (sulfide) groups is 1. The molecule has 0 N–H and O–H groups in total. The Hall–Kier alpha value is -1.12. The fourth-order valence-corrected chi connectivity index (χ4v) is 5.62. The van der Waals surface area contributed by atoms with Crippen molar-refractivity contribution >= 4 is 27.4 Å². The van der Waals surface area contributed by atoms with Gasteiger partial charge >= 0.3 is 0 Å². The highest BCUT2D eigenvalue weighted by Gasteiger charge is 2.24.